The van der Waals surface area contributed by atoms with Crippen LogP contribution in [0.2, 0.25) is 0 Å². The molecule has 3 nitrogen and oxygen atoms in total. The molecule has 3 fully saturated rings. The summed E-state index contributed by atoms with van der Waals surface area (Å²) in [5.74, 6) is 0.901. The second kappa shape index (κ2) is 5.92. The maximum Gasteiger partial charge on any atom is 0.149 e. The van der Waals surface area contributed by atoms with Crippen molar-refractivity contribution in [2.45, 2.75) is 70.5 Å². The smallest absolute Gasteiger partial charge is 0.149 e. The minimum Gasteiger partial charge on any atom is -0.298 e. The van der Waals surface area contributed by atoms with Crippen LogP contribution in [0.15, 0.2) is 0 Å². The van der Waals surface area contributed by atoms with Gasteiger partial charge in [-0.25, -0.2) is 0 Å². The monoisotopic (exact) mass is 264 g/mol. The molecule has 2 unspecified atom stereocenters. The number of carbonyl (C=O) groups is 1. The zero-order chi connectivity index (χ0) is 13.2. The predicted molar refractivity (Wildman–Crippen MR) is 77.0 cm³/mol. The lowest BCUT2D eigenvalue weighted by molar-refractivity contribution is -0.126. The molecule has 0 N–H and O–H groups in total. The first-order valence-corrected chi connectivity index (χ1v) is 8.28. The number of nitrogens with zero attached hydrogens (tertiary/aromatic N) is 2. The van der Waals surface area contributed by atoms with Crippen LogP contribution in [0.3, 0.4) is 0 Å². The Morgan fingerprint density at radius 3 is 2.58 bits per heavy atom. The number of hydrogen-bond acceptors (Lipinski definition) is 3. The molecule has 0 spiro atoms. The zero-order valence-electron chi connectivity index (χ0n) is 12.3. The summed E-state index contributed by atoms with van der Waals surface area (Å²) in [7, 11) is 0. The standard InChI is InChI=1S/C16H28N2O/c1-13-11-17-10-6-5-9-16(17)18(13)12-15(19)14-7-3-2-4-8-14/h13-14,16H,2-12H2,1H3. The van der Waals surface area contributed by atoms with Gasteiger partial charge >= 0.3 is 0 Å². The van der Waals surface area contributed by atoms with Crippen LogP contribution in [0, 0.1) is 5.92 Å². The van der Waals surface area contributed by atoms with Crippen molar-refractivity contribution in [1.29, 1.82) is 0 Å². The Labute approximate surface area is 117 Å². The third-order valence-electron chi connectivity index (χ3n) is 5.43. The second-order valence-corrected chi connectivity index (χ2v) is 6.79. The van der Waals surface area contributed by atoms with E-state index in [4.69, 9.17) is 0 Å². The number of carbonyl (C=O) groups excluding carboxylic acids is 1. The van der Waals surface area contributed by atoms with Crippen LogP contribution in [0.5, 0.6) is 0 Å². The van der Waals surface area contributed by atoms with Crippen LogP contribution in [0.25, 0.3) is 0 Å². The maximum absolute atomic E-state index is 12.5. The molecule has 0 aromatic heterocycles. The van der Waals surface area contributed by atoms with E-state index in [1.807, 2.05) is 0 Å². The predicted octanol–water partition coefficient (Wildman–Crippen LogP) is 2.65. The molecule has 0 bridgehead atoms. The maximum atomic E-state index is 12.5. The summed E-state index contributed by atoms with van der Waals surface area (Å²) in [6.07, 6.45) is 10.7. The largest absolute Gasteiger partial charge is 0.298 e. The number of piperidine rings is 1. The summed E-state index contributed by atoms with van der Waals surface area (Å²) in [4.78, 5) is 17.6. The molecule has 3 aliphatic rings. The molecule has 19 heavy (non-hydrogen) atoms. The van der Waals surface area contributed by atoms with Gasteiger partial charge in [-0.3, -0.25) is 14.6 Å². The van der Waals surface area contributed by atoms with Crippen LogP contribution >= 0.6 is 0 Å². The molecule has 1 aliphatic carbocycles. The highest BCUT2D eigenvalue weighted by atomic mass is 16.1. The third kappa shape index (κ3) is 2.87. The van der Waals surface area contributed by atoms with Crippen LogP contribution in [-0.2, 0) is 4.79 Å². The van der Waals surface area contributed by atoms with E-state index < -0.39 is 0 Å². The van der Waals surface area contributed by atoms with Gasteiger partial charge in [0.25, 0.3) is 0 Å². The molecule has 108 valence electrons. The van der Waals surface area contributed by atoms with Gasteiger partial charge in [0.15, 0.2) is 0 Å². The number of ketones is 1. The van der Waals surface area contributed by atoms with Gasteiger partial charge < -0.3 is 0 Å². The molecule has 2 heterocycles. The average molecular weight is 264 g/mol. The molecule has 0 aromatic carbocycles. The van der Waals surface area contributed by atoms with Crippen LogP contribution in [0.1, 0.15) is 58.3 Å². The van der Waals surface area contributed by atoms with Gasteiger partial charge in [0, 0.05) is 18.5 Å². The second-order valence-electron chi connectivity index (χ2n) is 6.79. The van der Waals surface area contributed by atoms with Crippen molar-refractivity contribution in [3.63, 3.8) is 0 Å². The van der Waals surface area contributed by atoms with E-state index >= 15 is 0 Å². The highest BCUT2D eigenvalue weighted by molar-refractivity contribution is 5.83. The average Bonchev–Trinajstić information content (AvgIpc) is 2.76. The first-order chi connectivity index (χ1) is 9.25. The van der Waals surface area contributed by atoms with E-state index in [1.165, 1.54) is 51.6 Å². The normalized spacial score (nSPS) is 34.4. The Kier molecular flexibility index (Phi) is 4.23. The van der Waals surface area contributed by atoms with E-state index in [-0.39, 0.29) is 0 Å². The minimum absolute atomic E-state index is 0.374. The molecule has 3 rings (SSSR count). The Balaban J connectivity index is 1.60. The first-order valence-electron chi connectivity index (χ1n) is 8.28. The van der Waals surface area contributed by atoms with Gasteiger partial charge in [-0.05, 0) is 45.6 Å². The van der Waals surface area contributed by atoms with Gasteiger partial charge in [-0.1, -0.05) is 19.3 Å². The molecule has 0 radical (unpaired) electrons. The molecule has 3 heteroatoms. The van der Waals surface area contributed by atoms with Gasteiger partial charge in [0.1, 0.15) is 5.78 Å². The zero-order valence-corrected chi connectivity index (χ0v) is 12.3. The fourth-order valence-electron chi connectivity index (χ4n) is 4.29. The Hall–Kier alpha value is -0.410. The molecule has 0 amide bonds. The topological polar surface area (TPSA) is 23.6 Å². The summed E-state index contributed by atoms with van der Waals surface area (Å²) in [5, 5.41) is 0. The Morgan fingerprint density at radius 2 is 1.79 bits per heavy atom. The summed E-state index contributed by atoms with van der Waals surface area (Å²) in [6, 6.07) is 0.565. The minimum atomic E-state index is 0.374. The number of fused-ring (bicyclic) bond motifs is 1. The lowest BCUT2D eigenvalue weighted by Gasteiger charge is -2.35. The molecule has 0 aromatic rings. The highest BCUT2D eigenvalue weighted by Crippen LogP contribution is 2.30. The highest BCUT2D eigenvalue weighted by Gasteiger charge is 2.39. The molecule has 2 atom stereocenters. The van der Waals surface area contributed by atoms with Crippen molar-refractivity contribution in [3.8, 4) is 0 Å². The van der Waals surface area contributed by atoms with Gasteiger partial charge in [0.2, 0.25) is 0 Å². The quantitative estimate of drug-likeness (QED) is 0.783. The van der Waals surface area contributed by atoms with Crippen LogP contribution in [-0.4, -0.2) is 47.4 Å². The third-order valence-corrected chi connectivity index (χ3v) is 5.43. The van der Waals surface area contributed by atoms with Crippen molar-refractivity contribution in [2.24, 2.45) is 5.92 Å². The number of hydrogen-bond donors (Lipinski definition) is 0. The van der Waals surface area contributed by atoms with E-state index in [0.29, 0.717) is 30.5 Å². The first kappa shape index (κ1) is 13.6. The molecule has 1 saturated carbocycles. The van der Waals surface area contributed by atoms with Crippen molar-refractivity contribution >= 4 is 5.78 Å². The van der Waals surface area contributed by atoms with Crippen molar-refractivity contribution in [2.75, 3.05) is 19.6 Å². The van der Waals surface area contributed by atoms with Crippen LogP contribution in [0.4, 0.5) is 0 Å². The van der Waals surface area contributed by atoms with Gasteiger partial charge in [-0.15, -0.1) is 0 Å². The summed E-state index contributed by atoms with van der Waals surface area (Å²) in [5.41, 5.74) is 0. The Bertz CT molecular complexity index is 325. The van der Waals surface area contributed by atoms with Crippen molar-refractivity contribution < 1.29 is 4.79 Å². The fourth-order valence-corrected chi connectivity index (χ4v) is 4.29. The lowest BCUT2D eigenvalue weighted by Crippen LogP contribution is -2.46. The molecule has 2 saturated heterocycles. The Morgan fingerprint density at radius 1 is 1.05 bits per heavy atom. The van der Waals surface area contributed by atoms with Crippen molar-refractivity contribution in [1.82, 2.24) is 9.80 Å². The summed E-state index contributed by atoms with van der Waals surface area (Å²) in [6.45, 7) is 5.42. The lowest BCUT2D eigenvalue weighted by atomic mass is 9.86. The summed E-state index contributed by atoms with van der Waals surface area (Å²) >= 11 is 0. The van der Waals surface area contributed by atoms with Gasteiger partial charge in [-0.2, -0.15) is 0 Å². The van der Waals surface area contributed by atoms with Crippen LogP contribution < -0.4 is 0 Å². The van der Waals surface area contributed by atoms with E-state index in [0.717, 1.165) is 12.8 Å². The summed E-state index contributed by atoms with van der Waals surface area (Å²) < 4.78 is 0. The molecular weight excluding hydrogens is 236 g/mol. The SMILES string of the molecule is CC1CN2CCCCC2N1CC(=O)C1CCCCC1. The van der Waals surface area contributed by atoms with E-state index in [9.17, 15) is 4.79 Å². The van der Waals surface area contributed by atoms with Crippen molar-refractivity contribution in [3.05, 3.63) is 0 Å². The molecule has 2 aliphatic heterocycles. The van der Waals surface area contributed by atoms with E-state index in [2.05, 4.69) is 16.7 Å². The molecular formula is C16H28N2O. The number of rotatable bonds is 3. The van der Waals surface area contributed by atoms with Gasteiger partial charge in [0.05, 0.1) is 12.7 Å². The van der Waals surface area contributed by atoms with E-state index in [1.54, 1.807) is 0 Å². The fraction of sp³-hybridized carbons (Fsp3) is 0.938. The number of Topliss-reactive ketones (excluding diaryl/α,β-unsaturated/α-hetero) is 1.